The number of halogens is 1. The normalized spacial score (nSPS) is 15.3. The maximum Gasteiger partial charge on any atom is 0.299 e. The zero-order valence-electron chi connectivity index (χ0n) is 14.1. The molecule has 1 fully saturated rings. The minimum absolute atomic E-state index is 0.188. The molecule has 0 aliphatic heterocycles. The Bertz CT molecular complexity index is 1050. The predicted octanol–water partition coefficient (Wildman–Crippen LogP) is 4.10. The Labute approximate surface area is 163 Å². The van der Waals surface area contributed by atoms with Crippen LogP contribution in [-0.4, -0.2) is 26.1 Å². The second kappa shape index (κ2) is 6.86. The number of amides is 1. The summed E-state index contributed by atoms with van der Waals surface area (Å²) in [5, 5.41) is 14.9. The quantitative estimate of drug-likeness (QED) is 0.511. The van der Waals surface area contributed by atoms with Gasteiger partial charge in [-0.25, -0.2) is 0 Å². The summed E-state index contributed by atoms with van der Waals surface area (Å²) in [6.07, 6.45) is 2.95. The van der Waals surface area contributed by atoms with Crippen LogP contribution in [-0.2, 0) is 5.41 Å². The number of non-ortho nitro benzene ring substituents is 1. The van der Waals surface area contributed by atoms with Crippen LogP contribution >= 0.6 is 23.3 Å². The SMILES string of the molecule is O=C(NCC1(c2ccccc2Cl)CCC1)c1cc([N+](=O)[O-])c2nsnc2c1. The monoisotopic (exact) mass is 402 g/mol. The van der Waals surface area contributed by atoms with Crippen LogP contribution in [0.4, 0.5) is 5.69 Å². The molecule has 1 amide bonds. The third-order valence-corrected chi connectivity index (χ3v) is 6.02. The van der Waals surface area contributed by atoms with Gasteiger partial charge in [-0.2, -0.15) is 8.75 Å². The Kier molecular flexibility index (Phi) is 4.53. The minimum atomic E-state index is -0.544. The first-order valence-electron chi connectivity index (χ1n) is 8.44. The molecule has 0 unspecified atom stereocenters. The van der Waals surface area contributed by atoms with E-state index >= 15 is 0 Å². The van der Waals surface area contributed by atoms with E-state index in [1.165, 1.54) is 12.1 Å². The fourth-order valence-corrected chi connectivity index (χ4v) is 4.40. The van der Waals surface area contributed by atoms with Crippen LogP contribution in [0, 0.1) is 10.1 Å². The molecule has 0 saturated heterocycles. The van der Waals surface area contributed by atoms with Crippen molar-refractivity contribution in [3.63, 3.8) is 0 Å². The Morgan fingerprint density at radius 1 is 1.30 bits per heavy atom. The van der Waals surface area contributed by atoms with Gasteiger partial charge in [0, 0.05) is 28.6 Å². The second-order valence-corrected chi connectivity index (χ2v) is 7.62. The van der Waals surface area contributed by atoms with E-state index in [4.69, 9.17) is 11.6 Å². The molecule has 9 heteroatoms. The zero-order valence-corrected chi connectivity index (χ0v) is 15.7. The van der Waals surface area contributed by atoms with Gasteiger partial charge < -0.3 is 5.32 Å². The first kappa shape index (κ1) is 17.8. The predicted molar refractivity (Wildman–Crippen MR) is 103 cm³/mol. The summed E-state index contributed by atoms with van der Waals surface area (Å²) in [6.45, 7) is 0.427. The number of fused-ring (bicyclic) bond motifs is 1. The van der Waals surface area contributed by atoms with Crippen LogP contribution in [0.25, 0.3) is 11.0 Å². The molecule has 2 aromatic carbocycles. The Hall–Kier alpha value is -2.58. The van der Waals surface area contributed by atoms with Crippen molar-refractivity contribution in [1.82, 2.24) is 14.1 Å². The van der Waals surface area contributed by atoms with Gasteiger partial charge in [-0.05, 0) is 30.5 Å². The van der Waals surface area contributed by atoms with E-state index in [1.807, 2.05) is 24.3 Å². The molecule has 7 nitrogen and oxygen atoms in total. The van der Waals surface area contributed by atoms with Crippen LogP contribution in [0.1, 0.15) is 35.2 Å². The molecular weight excluding hydrogens is 388 g/mol. The lowest BCUT2D eigenvalue weighted by molar-refractivity contribution is -0.383. The number of nitrogens with zero attached hydrogens (tertiary/aromatic N) is 3. The first-order valence-corrected chi connectivity index (χ1v) is 9.55. The van der Waals surface area contributed by atoms with Crippen LogP contribution in [0.5, 0.6) is 0 Å². The van der Waals surface area contributed by atoms with Gasteiger partial charge in [0.1, 0.15) is 5.52 Å². The van der Waals surface area contributed by atoms with Gasteiger partial charge in [0.05, 0.1) is 16.7 Å². The lowest BCUT2D eigenvalue weighted by atomic mass is 9.64. The van der Waals surface area contributed by atoms with Crippen molar-refractivity contribution in [2.45, 2.75) is 24.7 Å². The van der Waals surface area contributed by atoms with E-state index in [2.05, 4.69) is 14.1 Å². The zero-order chi connectivity index (χ0) is 19.0. The number of benzene rings is 2. The molecule has 0 spiro atoms. The molecule has 1 N–H and O–H groups in total. The van der Waals surface area contributed by atoms with Gasteiger partial charge in [-0.1, -0.05) is 36.2 Å². The lowest BCUT2D eigenvalue weighted by Crippen LogP contribution is -2.45. The van der Waals surface area contributed by atoms with Crippen molar-refractivity contribution in [2.75, 3.05) is 6.54 Å². The Morgan fingerprint density at radius 3 is 2.74 bits per heavy atom. The number of nitro groups is 1. The highest BCUT2D eigenvalue weighted by molar-refractivity contribution is 7.00. The first-order chi connectivity index (χ1) is 13.0. The fraction of sp³-hybridized carbons (Fsp3) is 0.278. The van der Waals surface area contributed by atoms with Crippen LogP contribution in [0.2, 0.25) is 5.02 Å². The molecule has 138 valence electrons. The average molecular weight is 403 g/mol. The van der Waals surface area contributed by atoms with Crippen molar-refractivity contribution in [3.8, 4) is 0 Å². The summed E-state index contributed by atoms with van der Waals surface area (Å²) in [5.41, 5.74) is 1.39. The number of hydrogen-bond acceptors (Lipinski definition) is 6. The summed E-state index contributed by atoms with van der Waals surface area (Å²) in [5.74, 6) is -0.369. The summed E-state index contributed by atoms with van der Waals surface area (Å²) in [6, 6.07) is 10.4. The number of rotatable bonds is 5. The van der Waals surface area contributed by atoms with E-state index in [1.54, 1.807) is 0 Å². The number of nitrogens with one attached hydrogen (secondary N) is 1. The van der Waals surface area contributed by atoms with Crippen molar-refractivity contribution < 1.29 is 9.72 Å². The van der Waals surface area contributed by atoms with Gasteiger partial charge in [0.25, 0.3) is 11.6 Å². The molecule has 1 aromatic heterocycles. The molecule has 4 rings (SSSR count). The standard InChI is InChI=1S/C18H15ClN4O3S/c19-13-5-2-1-4-12(13)18(6-3-7-18)10-20-17(24)11-8-14-16(22-27-21-14)15(9-11)23(25)26/h1-2,4-5,8-9H,3,6-7,10H2,(H,20,24). The van der Waals surface area contributed by atoms with Crippen LogP contribution in [0.15, 0.2) is 36.4 Å². The molecule has 0 atom stereocenters. The fourth-order valence-electron chi connectivity index (χ4n) is 3.53. The van der Waals surface area contributed by atoms with Crippen molar-refractivity contribution >= 4 is 46.0 Å². The van der Waals surface area contributed by atoms with Gasteiger partial charge >= 0.3 is 0 Å². The third kappa shape index (κ3) is 3.15. The minimum Gasteiger partial charge on any atom is -0.351 e. The molecule has 1 saturated carbocycles. The second-order valence-electron chi connectivity index (χ2n) is 6.68. The largest absolute Gasteiger partial charge is 0.351 e. The summed E-state index contributed by atoms with van der Waals surface area (Å²) in [7, 11) is 0. The number of nitro benzene ring substituents is 1. The molecular formula is C18H15ClN4O3S. The average Bonchev–Trinajstić information content (AvgIpc) is 3.09. The number of carbonyl (C=O) groups excluding carboxylic acids is 1. The van der Waals surface area contributed by atoms with Gasteiger partial charge in [0.15, 0.2) is 5.52 Å². The van der Waals surface area contributed by atoms with E-state index in [0.717, 1.165) is 36.6 Å². The van der Waals surface area contributed by atoms with Gasteiger partial charge in [-0.15, -0.1) is 0 Å². The molecule has 3 aromatic rings. The molecule has 1 heterocycles. The highest BCUT2D eigenvalue weighted by Gasteiger charge is 2.40. The van der Waals surface area contributed by atoms with Gasteiger partial charge in [0.2, 0.25) is 0 Å². The highest BCUT2D eigenvalue weighted by Crippen LogP contribution is 2.45. The maximum absolute atomic E-state index is 12.7. The van der Waals surface area contributed by atoms with E-state index in [0.29, 0.717) is 17.1 Å². The van der Waals surface area contributed by atoms with Crippen molar-refractivity contribution in [3.05, 3.63) is 62.7 Å². The lowest BCUT2D eigenvalue weighted by Gasteiger charge is -2.43. The van der Waals surface area contributed by atoms with E-state index in [-0.39, 0.29) is 28.1 Å². The summed E-state index contributed by atoms with van der Waals surface area (Å²) >= 11 is 7.24. The number of hydrogen-bond donors (Lipinski definition) is 1. The molecule has 1 aliphatic rings. The van der Waals surface area contributed by atoms with Crippen molar-refractivity contribution in [1.29, 1.82) is 0 Å². The Morgan fingerprint density at radius 2 is 2.07 bits per heavy atom. The van der Waals surface area contributed by atoms with E-state index in [9.17, 15) is 14.9 Å². The topological polar surface area (TPSA) is 98.0 Å². The molecule has 0 bridgehead atoms. The van der Waals surface area contributed by atoms with E-state index < -0.39 is 4.92 Å². The Balaban J connectivity index is 1.58. The van der Waals surface area contributed by atoms with Crippen LogP contribution in [0.3, 0.4) is 0 Å². The smallest absolute Gasteiger partial charge is 0.299 e. The number of aromatic nitrogens is 2. The highest BCUT2D eigenvalue weighted by atomic mass is 35.5. The summed E-state index contributed by atoms with van der Waals surface area (Å²) in [4.78, 5) is 23.4. The number of carbonyl (C=O) groups is 1. The third-order valence-electron chi connectivity index (χ3n) is 5.14. The molecule has 1 aliphatic carbocycles. The van der Waals surface area contributed by atoms with Gasteiger partial charge in [-0.3, -0.25) is 14.9 Å². The molecule has 0 radical (unpaired) electrons. The molecule has 27 heavy (non-hydrogen) atoms. The maximum atomic E-state index is 12.7. The van der Waals surface area contributed by atoms with Crippen molar-refractivity contribution in [2.24, 2.45) is 0 Å². The summed E-state index contributed by atoms with van der Waals surface area (Å²) < 4.78 is 7.97. The van der Waals surface area contributed by atoms with Crippen LogP contribution < -0.4 is 5.32 Å².